The number of rotatable bonds is 10. The van der Waals surface area contributed by atoms with E-state index in [4.69, 9.17) is 0 Å². The maximum Gasteiger partial charge on any atom is 0.422 e. The zero-order valence-electron chi connectivity index (χ0n) is 57.7. The van der Waals surface area contributed by atoms with E-state index in [0.717, 1.165) is 45.3 Å². The van der Waals surface area contributed by atoms with Crippen molar-refractivity contribution in [1.29, 1.82) is 0 Å². The van der Waals surface area contributed by atoms with Crippen molar-refractivity contribution in [3.63, 3.8) is 0 Å². The van der Waals surface area contributed by atoms with E-state index in [1.807, 2.05) is 20.8 Å². The number of hydrogen-bond donors (Lipinski definition) is 3. The molecule has 2 heterocycles. The summed E-state index contributed by atoms with van der Waals surface area (Å²) in [6.07, 6.45) is -0.106. The summed E-state index contributed by atoms with van der Waals surface area (Å²) in [7, 11) is 9.58. The minimum absolute atomic E-state index is 0.0148. The molecule has 11 amide bonds. The molecule has 1 spiro atoms. The van der Waals surface area contributed by atoms with E-state index in [-0.39, 0.29) is 43.9 Å². The van der Waals surface area contributed by atoms with Crippen molar-refractivity contribution in [3.05, 3.63) is 34.9 Å². The summed E-state index contributed by atoms with van der Waals surface area (Å²) in [5.74, 6) is -17.8. The van der Waals surface area contributed by atoms with Crippen molar-refractivity contribution in [2.45, 2.75) is 223 Å². The maximum atomic E-state index is 15.9. The van der Waals surface area contributed by atoms with Gasteiger partial charge in [-0.25, -0.2) is 17.6 Å². The Morgan fingerprint density at radius 2 is 1.19 bits per heavy atom. The predicted octanol–water partition coefficient (Wildman–Crippen LogP) is 5.91. The van der Waals surface area contributed by atoms with Crippen LogP contribution in [0.2, 0.25) is 0 Å². The molecule has 0 unspecified atom stereocenters. The summed E-state index contributed by atoms with van der Waals surface area (Å²) in [5.41, 5.74) is -4.42. The molecule has 2 aliphatic heterocycles. The largest absolute Gasteiger partial charge is 0.422 e. The van der Waals surface area contributed by atoms with Crippen LogP contribution >= 0.6 is 0 Å². The van der Waals surface area contributed by atoms with E-state index in [9.17, 15) is 65.1 Å². The van der Waals surface area contributed by atoms with Crippen LogP contribution in [0.3, 0.4) is 0 Å². The Balaban J connectivity index is 1.41. The van der Waals surface area contributed by atoms with Gasteiger partial charge >= 0.3 is 6.18 Å². The first-order chi connectivity index (χ1) is 44.8. The molecule has 1 aromatic rings. The van der Waals surface area contributed by atoms with E-state index in [2.05, 4.69) is 16.0 Å². The van der Waals surface area contributed by atoms with Gasteiger partial charge in [-0.05, 0) is 106 Å². The SMILES string of the molecule is CC[C@H](C)[C@@H]1NC(=O)[C@H](CC(C)C)N(C)C(=O)C[C@@H](C)N(C)C(=O)[C@H](C2CCCCC2)N(C)C(=O)C2(CCC2)NC(=O)[C@@H]2CC(F)(F)CN2C(=O)[C@H](CCc2cc(F)c(C(F)(F)F)c(F)c2)NC(=O)CN(C)C(=O)[C@H](CC2CCCCC2)N(C)C(=O)CN(C)C(=O)CN(C)C1=O. The molecule has 5 aliphatic rings. The van der Waals surface area contributed by atoms with Gasteiger partial charge in [0.1, 0.15) is 59.0 Å². The molecule has 3 saturated carbocycles. The number of fused-ring (bicyclic) bond motifs is 1. The van der Waals surface area contributed by atoms with E-state index >= 15 is 18.4 Å². The lowest BCUT2D eigenvalue weighted by atomic mass is 9.74. The van der Waals surface area contributed by atoms with E-state index in [1.165, 1.54) is 64.0 Å². The van der Waals surface area contributed by atoms with Gasteiger partial charge in [0.2, 0.25) is 65.0 Å². The Labute approximate surface area is 558 Å². The molecule has 29 heteroatoms. The van der Waals surface area contributed by atoms with Gasteiger partial charge in [0.25, 0.3) is 5.92 Å². The smallest absolute Gasteiger partial charge is 0.343 e. The summed E-state index contributed by atoms with van der Waals surface area (Å²) < 4.78 is 103. The zero-order valence-corrected chi connectivity index (χ0v) is 57.7. The summed E-state index contributed by atoms with van der Waals surface area (Å²) in [4.78, 5) is 169. The number of likely N-dealkylation sites (N-methyl/N-ethyl adjacent to an activating group) is 7. The standard InChI is InChI=1S/C67H100F7N11O11/c1-13-40(4)56-62(94)80(8)36-53(88)78(6)37-54(89)83(11)49(33-42-21-16-14-17-22-42)61(93)79(7)35-51(86)75-47(26-25-43-31-45(68)55(46(69)32-43)67(72,73)74)60(92)85-38-66(70,71)34-50(85)59(91)77-65(27-20-28-65)64(96)84(12)57(44-23-18-15-19-24-44)63(95)81(9)41(5)30-52(87)82(10)48(29-39(2)3)58(90)76-56/h31-32,39-42,44,47-50,56-57H,13-30,33-38H2,1-12H3,(H,75,86)(H,76,90)(H,77,91)/t40-,41+,47-,48-,49-,50-,56-,57-/m0/s1. The Kier molecular flexibility index (Phi) is 26.8. The number of aryl methyl sites for hydroxylation is 1. The maximum absolute atomic E-state index is 15.9. The normalized spacial score (nSPS) is 27.1. The monoisotopic (exact) mass is 1370 g/mol. The van der Waals surface area contributed by atoms with Crippen molar-refractivity contribution in [1.82, 2.24) is 55.1 Å². The topological polar surface area (TPSA) is 250 Å². The molecule has 3 aliphatic carbocycles. The molecule has 8 atom stereocenters. The van der Waals surface area contributed by atoms with Gasteiger partial charge < -0.3 is 55.1 Å². The van der Waals surface area contributed by atoms with Gasteiger partial charge in [-0.15, -0.1) is 0 Å². The number of alkyl halides is 5. The fourth-order valence-corrected chi connectivity index (χ4v) is 14.1. The molecule has 6 rings (SSSR count). The zero-order chi connectivity index (χ0) is 71.6. The molecule has 0 aromatic heterocycles. The molecule has 5 fully saturated rings. The predicted molar refractivity (Wildman–Crippen MR) is 339 cm³/mol. The van der Waals surface area contributed by atoms with Gasteiger partial charge in [-0.3, -0.25) is 52.7 Å². The van der Waals surface area contributed by atoms with Gasteiger partial charge in [0, 0.05) is 68.2 Å². The average molecular weight is 1370 g/mol. The molecule has 2 saturated heterocycles. The van der Waals surface area contributed by atoms with Gasteiger partial charge in [0.15, 0.2) is 0 Å². The summed E-state index contributed by atoms with van der Waals surface area (Å²) >= 11 is 0. The molecule has 1 aromatic carbocycles. The van der Waals surface area contributed by atoms with Crippen LogP contribution in [0.5, 0.6) is 0 Å². The van der Waals surface area contributed by atoms with Crippen LogP contribution in [0.25, 0.3) is 0 Å². The van der Waals surface area contributed by atoms with Crippen molar-refractivity contribution in [2.24, 2.45) is 23.7 Å². The minimum Gasteiger partial charge on any atom is -0.343 e. The lowest BCUT2D eigenvalue weighted by Crippen LogP contribution is -2.68. The number of benzene rings is 1. The van der Waals surface area contributed by atoms with E-state index in [1.54, 1.807) is 13.8 Å². The highest BCUT2D eigenvalue weighted by Crippen LogP contribution is 2.40. The quantitative estimate of drug-likeness (QED) is 0.232. The van der Waals surface area contributed by atoms with Crippen molar-refractivity contribution in [3.8, 4) is 0 Å². The Morgan fingerprint density at radius 3 is 1.74 bits per heavy atom. The highest BCUT2D eigenvalue weighted by molar-refractivity contribution is 6.00. The lowest BCUT2D eigenvalue weighted by molar-refractivity contribution is -0.156. The highest BCUT2D eigenvalue weighted by atomic mass is 19.4. The van der Waals surface area contributed by atoms with E-state index in [0.29, 0.717) is 68.4 Å². The van der Waals surface area contributed by atoms with Crippen LogP contribution in [-0.2, 0) is 65.3 Å². The number of nitrogens with zero attached hydrogens (tertiary/aromatic N) is 8. The van der Waals surface area contributed by atoms with Gasteiger partial charge in [-0.2, -0.15) is 13.2 Å². The number of nitrogens with one attached hydrogen (secondary N) is 3. The van der Waals surface area contributed by atoms with Crippen LogP contribution in [0.15, 0.2) is 12.1 Å². The highest BCUT2D eigenvalue weighted by Gasteiger charge is 2.56. The van der Waals surface area contributed by atoms with Crippen molar-refractivity contribution < 1.29 is 83.5 Å². The van der Waals surface area contributed by atoms with Crippen LogP contribution in [-0.4, -0.2) is 233 Å². The fraction of sp³-hybridized carbons (Fsp3) is 0.746. The molecule has 538 valence electrons. The Bertz CT molecular complexity index is 2990. The van der Waals surface area contributed by atoms with Crippen molar-refractivity contribution in [2.75, 3.05) is 75.5 Å². The number of carbonyl (C=O) groups excluding carboxylic acids is 11. The number of amides is 11. The second kappa shape index (κ2) is 33.0. The summed E-state index contributed by atoms with van der Waals surface area (Å²) in [5, 5.41) is 7.94. The molecule has 0 bridgehead atoms. The first-order valence-electron chi connectivity index (χ1n) is 33.8. The minimum atomic E-state index is -5.45. The molecule has 22 nitrogen and oxygen atoms in total. The average Bonchev–Trinajstić information content (AvgIpc) is 1.56. The van der Waals surface area contributed by atoms with Crippen LogP contribution < -0.4 is 16.0 Å². The van der Waals surface area contributed by atoms with Gasteiger partial charge in [-0.1, -0.05) is 85.5 Å². The van der Waals surface area contributed by atoms with Gasteiger partial charge in [0.05, 0.1) is 26.2 Å². The van der Waals surface area contributed by atoms with Crippen LogP contribution in [0.1, 0.15) is 168 Å². The lowest BCUT2D eigenvalue weighted by Gasteiger charge is -2.47. The first-order valence-corrected chi connectivity index (χ1v) is 33.8. The van der Waals surface area contributed by atoms with Crippen molar-refractivity contribution >= 4 is 65.0 Å². The second-order valence-electron chi connectivity index (χ2n) is 28.2. The third-order valence-electron chi connectivity index (χ3n) is 20.5. The Morgan fingerprint density at radius 1 is 0.625 bits per heavy atom. The third-order valence-corrected chi connectivity index (χ3v) is 20.5. The number of halogens is 7. The van der Waals surface area contributed by atoms with Crippen LogP contribution in [0.4, 0.5) is 30.7 Å². The van der Waals surface area contributed by atoms with E-state index < -0.39 is 205 Å². The third kappa shape index (κ3) is 19.2. The number of hydrogen-bond acceptors (Lipinski definition) is 11. The fourth-order valence-electron chi connectivity index (χ4n) is 14.1. The molecule has 3 N–H and O–H groups in total. The molecule has 96 heavy (non-hydrogen) atoms. The number of carbonyl (C=O) groups is 11. The second-order valence-corrected chi connectivity index (χ2v) is 28.2. The molecular weight excluding hydrogens is 1270 g/mol. The summed E-state index contributed by atoms with van der Waals surface area (Å²) in [6, 6.07) is -8.83. The molecular formula is C67H100F7N11O11. The summed E-state index contributed by atoms with van der Waals surface area (Å²) in [6.45, 7) is 5.47. The first kappa shape index (κ1) is 77.9. The van der Waals surface area contributed by atoms with Crippen LogP contribution in [0, 0.1) is 35.3 Å². The molecule has 0 radical (unpaired) electrons. The Hall–Kier alpha value is -7.10.